The minimum atomic E-state index is -0.915. The molecule has 0 unspecified atom stereocenters. The van der Waals surface area contributed by atoms with Gasteiger partial charge in [0.15, 0.2) is 0 Å². The van der Waals surface area contributed by atoms with Crippen LogP contribution in [0.1, 0.15) is 19.3 Å². The maximum absolute atomic E-state index is 10.6. The predicted molar refractivity (Wildman–Crippen MR) is 50.6 cm³/mol. The van der Waals surface area contributed by atoms with Crippen LogP contribution in [0.5, 0.6) is 0 Å². The molecule has 0 aromatic carbocycles. The van der Waals surface area contributed by atoms with E-state index in [-0.39, 0.29) is 13.1 Å². The van der Waals surface area contributed by atoms with E-state index < -0.39 is 11.9 Å². The molecule has 0 aromatic rings. The molecule has 0 bridgehead atoms. The highest BCUT2D eigenvalue weighted by Crippen LogP contribution is 2.32. The van der Waals surface area contributed by atoms with Crippen LogP contribution in [-0.2, 0) is 9.59 Å². The molecular weight excluding hydrogens is 184 g/mol. The summed E-state index contributed by atoms with van der Waals surface area (Å²) in [6.45, 7) is 0.592. The van der Waals surface area contributed by atoms with Crippen LogP contribution in [-0.4, -0.2) is 41.5 Å². The first-order valence-electron chi connectivity index (χ1n) is 4.80. The Hall–Kier alpha value is -1.10. The van der Waals surface area contributed by atoms with Crippen molar-refractivity contribution in [2.45, 2.75) is 19.3 Å². The zero-order valence-corrected chi connectivity index (χ0v) is 8.11. The fourth-order valence-corrected chi connectivity index (χ4v) is 1.40. The molecule has 0 spiro atoms. The van der Waals surface area contributed by atoms with Crippen LogP contribution < -0.4 is 5.73 Å². The van der Waals surface area contributed by atoms with Crippen LogP contribution in [0.15, 0.2) is 0 Å². The molecule has 3 N–H and O–H groups in total. The molecule has 0 radical (unpaired) electrons. The van der Waals surface area contributed by atoms with Gasteiger partial charge in [-0.05, 0) is 18.9 Å². The van der Waals surface area contributed by atoms with Crippen molar-refractivity contribution in [3.8, 4) is 0 Å². The number of primary amides is 1. The molecule has 0 aromatic heterocycles. The van der Waals surface area contributed by atoms with Crippen LogP contribution in [0.4, 0.5) is 0 Å². The Balaban J connectivity index is 2.25. The third kappa shape index (κ3) is 4.81. The van der Waals surface area contributed by atoms with E-state index in [4.69, 9.17) is 10.8 Å². The highest BCUT2D eigenvalue weighted by atomic mass is 16.4. The van der Waals surface area contributed by atoms with Crippen LogP contribution in [0.2, 0.25) is 0 Å². The van der Waals surface area contributed by atoms with Crippen molar-refractivity contribution >= 4 is 11.9 Å². The Kier molecular flexibility index (Phi) is 3.88. The lowest BCUT2D eigenvalue weighted by Gasteiger charge is -2.17. The molecule has 5 nitrogen and oxygen atoms in total. The molecule has 1 amide bonds. The molecule has 5 heteroatoms. The van der Waals surface area contributed by atoms with Crippen molar-refractivity contribution in [2.75, 3.05) is 19.6 Å². The number of nitrogens with zero attached hydrogens (tertiary/aromatic N) is 1. The normalized spacial score (nSPS) is 15.8. The van der Waals surface area contributed by atoms with Gasteiger partial charge in [-0.25, -0.2) is 0 Å². The van der Waals surface area contributed by atoms with Gasteiger partial charge in [-0.15, -0.1) is 0 Å². The minimum absolute atomic E-state index is 0.0407. The van der Waals surface area contributed by atoms with Gasteiger partial charge in [0.2, 0.25) is 5.91 Å². The molecule has 0 aliphatic heterocycles. The average Bonchev–Trinajstić information content (AvgIpc) is 2.80. The third-order valence-corrected chi connectivity index (χ3v) is 2.29. The highest BCUT2D eigenvalue weighted by molar-refractivity contribution is 5.77. The topological polar surface area (TPSA) is 83.6 Å². The second kappa shape index (κ2) is 4.95. The number of rotatable bonds is 7. The first kappa shape index (κ1) is 11.0. The zero-order valence-electron chi connectivity index (χ0n) is 8.11. The van der Waals surface area contributed by atoms with Gasteiger partial charge >= 0.3 is 5.97 Å². The molecule has 1 fully saturated rings. The molecule has 0 saturated heterocycles. The lowest BCUT2D eigenvalue weighted by molar-refractivity contribution is -0.138. The second-order valence-corrected chi connectivity index (χ2v) is 3.80. The Morgan fingerprint density at radius 3 is 2.43 bits per heavy atom. The van der Waals surface area contributed by atoms with Crippen LogP contribution in [0.25, 0.3) is 0 Å². The molecule has 1 aliphatic carbocycles. The molecule has 80 valence electrons. The number of amides is 1. The van der Waals surface area contributed by atoms with Gasteiger partial charge in [0.1, 0.15) is 0 Å². The lowest BCUT2D eigenvalue weighted by atomic mass is 10.2. The summed E-state index contributed by atoms with van der Waals surface area (Å²) in [5.41, 5.74) is 5.02. The number of carboxylic acids is 1. The smallest absolute Gasteiger partial charge is 0.317 e. The van der Waals surface area contributed by atoms with Gasteiger partial charge in [-0.1, -0.05) is 12.8 Å². The molecule has 0 atom stereocenters. The number of carbonyl (C=O) groups excluding carboxylic acids is 1. The van der Waals surface area contributed by atoms with E-state index in [0.717, 1.165) is 12.3 Å². The summed E-state index contributed by atoms with van der Waals surface area (Å²) in [6.07, 6.45) is 3.44. The number of aliphatic carboxylic acids is 1. The average molecular weight is 200 g/mol. The van der Waals surface area contributed by atoms with Crippen molar-refractivity contribution < 1.29 is 14.7 Å². The quantitative estimate of drug-likeness (QED) is 0.588. The Morgan fingerprint density at radius 1 is 1.36 bits per heavy atom. The first-order valence-corrected chi connectivity index (χ1v) is 4.80. The van der Waals surface area contributed by atoms with Gasteiger partial charge in [0, 0.05) is 0 Å². The molecule has 0 heterocycles. The number of hydrogen-bond acceptors (Lipinski definition) is 3. The first-order chi connectivity index (χ1) is 6.58. The second-order valence-electron chi connectivity index (χ2n) is 3.80. The summed E-state index contributed by atoms with van der Waals surface area (Å²) in [7, 11) is 0. The van der Waals surface area contributed by atoms with Gasteiger partial charge < -0.3 is 10.8 Å². The van der Waals surface area contributed by atoms with E-state index in [1.165, 1.54) is 12.8 Å². The SMILES string of the molecule is NC(=O)CN(CCC1CC1)CC(=O)O. The summed E-state index contributed by atoms with van der Waals surface area (Å²) in [5, 5.41) is 8.58. The summed E-state index contributed by atoms with van der Waals surface area (Å²) in [6, 6.07) is 0. The Bertz CT molecular complexity index is 210. The van der Waals surface area contributed by atoms with E-state index in [2.05, 4.69) is 0 Å². The van der Waals surface area contributed by atoms with E-state index in [1.807, 2.05) is 0 Å². The summed E-state index contributed by atoms with van der Waals surface area (Å²) < 4.78 is 0. The Labute approximate surface area is 82.9 Å². The zero-order chi connectivity index (χ0) is 10.6. The van der Waals surface area contributed by atoms with Crippen molar-refractivity contribution in [3.63, 3.8) is 0 Å². The number of hydrogen-bond donors (Lipinski definition) is 2. The van der Waals surface area contributed by atoms with Crippen molar-refractivity contribution in [1.82, 2.24) is 4.90 Å². The van der Waals surface area contributed by atoms with Gasteiger partial charge in [0.05, 0.1) is 13.1 Å². The van der Waals surface area contributed by atoms with Crippen molar-refractivity contribution in [3.05, 3.63) is 0 Å². The van der Waals surface area contributed by atoms with Gasteiger partial charge in [-0.3, -0.25) is 14.5 Å². The fraction of sp³-hybridized carbons (Fsp3) is 0.778. The van der Waals surface area contributed by atoms with Gasteiger partial charge in [-0.2, -0.15) is 0 Å². The molecule has 1 saturated carbocycles. The molecule has 1 rings (SSSR count). The summed E-state index contributed by atoms with van der Waals surface area (Å²) in [5.74, 6) is -0.650. The maximum Gasteiger partial charge on any atom is 0.317 e. The van der Waals surface area contributed by atoms with E-state index in [1.54, 1.807) is 4.90 Å². The van der Waals surface area contributed by atoms with Crippen LogP contribution >= 0.6 is 0 Å². The number of carbonyl (C=O) groups is 2. The number of carboxylic acid groups (broad SMARTS) is 1. The molecular formula is C9H16N2O3. The largest absolute Gasteiger partial charge is 0.480 e. The molecule has 14 heavy (non-hydrogen) atoms. The lowest BCUT2D eigenvalue weighted by Crippen LogP contribution is -2.38. The monoisotopic (exact) mass is 200 g/mol. The number of nitrogens with two attached hydrogens (primary N) is 1. The van der Waals surface area contributed by atoms with Crippen LogP contribution in [0, 0.1) is 5.92 Å². The standard InChI is InChI=1S/C9H16N2O3/c10-8(12)5-11(6-9(13)14)4-3-7-1-2-7/h7H,1-6H2,(H2,10,12)(H,13,14). The third-order valence-electron chi connectivity index (χ3n) is 2.29. The van der Waals surface area contributed by atoms with E-state index >= 15 is 0 Å². The van der Waals surface area contributed by atoms with Crippen molar-refractivity contribution in [1.29, 1.82) is 0 Å². The maximum atomic E-state index is 10.6. The summed E-state index contributed by atoms with van der Waals surface area (Å²) in [4.78, 5) is 22.7. The minimum Gasteiger partial charge on any atom is -0.480 e. The highest BCUT2D eigenvalue weighted by Gasteiger charge is 2.22. The fourth-order valence-electron chi connectivity index (χ4n) is 1.40. The summed E-state index contributed by atoms with van der Waals surface area (Å²) >= 11 is 0. The van der Waals surface area contributed by atoms with E-state index in [9.17, 15) is 9.59 Å². The van der Waals surface area contributed by atoms with E-state index in [0.29, 0.717) is 6.54 Å². The van der Waals surface area contributed by atoms with Crippen molar-refractivity contribution in [2.24, 2.45) is 11.7 Å². The molecule has 1 aliphatic rings. The van der Waals surface area contributed by atoms with Gasteiger partial charge in [0.25, 0.3) is 0 Å². The predicted octanol–water partition coefficient (Wildman–Crippen LogP) is -0.342. The van der Waals surface area contributed by atoms with Crippen LogP contribution in [0.3, 0.4) is 0 Å². The Morgan fingerprint density at radius 2 is 2.00 bits per heavy atom.